The summed E-state index contributed by atoms with van der Waals surface area (Å²) in [5.41, 5.74) is 0.238. The van der Waals surface area contributed by atoms with Crippen LogP contribution in [0.5, 0.6) is 0 Å². The predicted octanol–water partition coefficient (Wildman–Crippen LogP) is 3.43. The number of aromatic amines is 1. The van der Waals surface area contributed by atoms with Gasteiger partial charge in [-0.2, -0.15) is 5.06 Å². The van der Waals surface area contributed by atoms with Crippen LogP contribution in [0.25, 0.3) is 10.9 Å². The van der Waals surface area contributed by atoms with Crippen LogP contribution >= 0.6 is 12.2 Å². The summed E-state index contributed by atoms with van der Waals surface area (Å²) in [6.07, 6.45) is 3.03. The Bertz CT molecular complexity index is 1450. The molecule has 0 radical (unpaired) electrons. The molecular weight excluding hydrogens is 572 g/mol. The highest BCUT2D eigenvalue weighted by atomic mass is 32.1. The minimum absolute atomic E-state index is 0.146. The number of rotatable bonds is 11. The number of nitrogens with zero attached hydrogens (tertiary/aromatic N) is 2. The first-order chi connectivity index (χ1) is 20.4. The maximum Gasteiger partial charge on any atom is 0.336 e. The Balaban J connectivity index is 1.50. The zero-order valence-electron chi connectivity index (χ0n) is 24.3. The van der Waals surface area contributed by atoms with Crippen LogP contribution < -0.4 is 5.32 Å². The normalized spacial score (nSPS) is 19.9. The summed E-state index contributed by atoms with van der Waals surface area (Å²) < 4.78 is 0. The number of H-pyrrole nitrogens is 1. The Hall–Kier alpha value is -4.00. The van der Waals surface area contributed by atoms with Crippen molar-refractivity contribution in [2.75, 3.05) is 20.6 Å². The van der Waals surface area contributed by atoms with Crippen LogP contribution in [0.1, 0.15) is 49.7 Å². The second-order valence-corrected chi connectivity index (χ2v) is 11.6. The number of nitrogens with one attached hydrogen (secondary N) is 2. The second kappa shape index (κ2) is 13.5. The fourth-order valence-corrected chi connectivity index (χ4v) is 6.19. The van der Waals surface area contributed by atoms with Gasteiger partial charge in [-0.3, -0.25) is 9.69 Å². The van der Waals surface area contributed by atoms with Crippen LogP contribution in [-0.4, -0.2) is 85.6 Å². The van der Waals surface area contributed by atoms with E-state index in [0.717, 1.165) is 29.3 Å². The average molecular weight is 611 g/mol. The van der Waals surface area contributed by atoms with E-state index >= 15 is 0 Å². The number of aliphatic carboxylic acids is 2. The maximum atomic E-state index is 13.0. The standard InChI is InChI=1S/C31H38N4O7S/c1-34(2)30(22-8-4-3-5-9-22)15-12-23(13-16-30)35(42-27(38)19-31(41,28(39)40)18-26(36)37)29(43)32-17-14-21-20-33-25-11-7-6-10-24(21)25/h3-11,20,23,33,41H,12-19H2,1-2H3,(H,32,43)(H,36,37)(H,39,40). The van der Waals surface area contributed by atoms with Gasteiger partial charge in [-0.15, -0.1) is 0 Å². The van der Waals surface area contributed by atoms with Crippen molar-refractivity contribution >= 4 is 46.1 Å². The monoisotopic (exact) mass is 610 g/mol. The van der Waals surface area contributed by atoms with Crippen LogP contribution in [0, 0.1) is 0 Å². The van der Waals surface area contributed by atoms with E-state index in [4.69, 9.17) is 22.2 Å². The van der Waals surface area contributed by atoms with Gasteiger partial charge in [0, 0.05) is 29.2 Å². The molecule has 1 unspecified atom stereocenters. The van der Waals surface area contributed by atoms with E-state index < -0.39 is 36.4 Å². The van der Waals surface area contributed by atoms with Gasteiger partial charge in [-0.1, -0.05) is 48.5 Å². The Morgan fingerprint density at radius 3 is 2.33 bits per heavy atom. The van der Waals surface area contributed by atoms with Crippen molar-refractivity contribution < 1.29 is 34.5 Å². The summed E-state index contributed by atoms with van der Waals surface area (Å²) in [6, 6.07) is 17.8. The van der Waals surface area contributed by atoms with Crippen molar-refractivity contribution in [3.63, 3.8) is 0 Å². The van der Waals surface area contributed by atoms with E-state index in [1.807, 2.05) is 62.8 Å². The number of carboxylic acid groups (broad SMARTS) is 2. The Morgan fingerprint density at radius 2 is 1.70 bits per heavy atom. The third-order valence-electron chi connectivity index (χ3n) is 8.31. The van der Waals surface area contributed by atoms with Gasteiger partial charge in [0.25, 0.3) is 0 Å². The molecule has 1 aliphatic carbocycles. The molecular formula is C31H38N4O7S. The molecule has 1 saturated carbocycles. The van der Waals surface area contributed by atoms with Crippen molar-refractivity contribution in [2.45, 2.75) is 62.1 Å². The summed E-state index contributed by atoms with van der Waals surface area (Å²) in [6.45, 7) is 0.436. The SMILES string of the molecule is CN(C)C1(c2ccccc2)CCC(N(OC(=O)CC(O)(CC(=O)O)C(=O)O)C(=S)NCCc2c[nH]c3ccccc23)CC1. The van der Waals surface area contributed by atoms with Crippen molar-refractivity contribution in [1.82, 2.24) is 20.3 Å². The van der Waals surface area contributed by atoms with Crippen molar-refractivity contribution in [2.24, 2.45) is 0 Å². The van der Waals surface area contributed by atoms with Gasteiger partial charge >= 0.3 is 17.9 Å². The van der Waals surface area contributed by atoms with E-state index in [9.17, 15) is 24.6 Å². The highest BCUT2D eigenvalue weighted by Gasteiger charge is 2.44. The van der Waals surface area contributed by atoms with Crippen LogP contribution in [0.3, 0.4) is 0 Å². The molecule has 11 nitrogen and oxygen atoms in total. The summed E-state index contributed by atoms with van der Waals surface area (Å²) in [4.78, 5) is 46.9. The lowest BCUT2D eigenvalue weighted by Gasteiger charge is -2.47. The molecule has 0 spiro atoms. The number of thiocarbonyl (C=S) groups is 1. The lowest BCUT2D eigenvalue weighted by molar-refractivity contribution is -0.193. The number of hydrogen-bond acceptors (Lipinski definition) is 7. The number of carbonyl (C=O) groups excluding carboxylic acids is 1. The third kappa shape index (κ3) is 7.32. The molecule has 1 atom stereocenters. The lowest BCUT2D eigenvalue weighted by Crippen LogP contribution is -2.53. The van der Waals surface area contributed by atoms with E-state index in [1.165, 1.54) is 10.6 Å². The smallest absolute Gasteiger partial charge is 0.336 e. The van der Waals surface area contributed by atoms with Gasteiger partial charge < -0.3 is 30.5 Å². The molecule has 3 aromatic rings. The summed E-state index contributed by atoms with van der Waals surface area (Å²) in [5, 5.41) is 34.7. The highest BCUT2D eigenvalue weighted by Crippen LogP contribution is 2.42. The molecule has 230 valence electrons. The van der Waals surface area contributed by atoms with Gasteiger partial charge in [-0.25, -0.2) is 9.59 Å². The van der Waals surface area contributed by atoms with E-state index in [0.29, 0.717) is 25.8 Å². The first kappa shape index (κ1) is 31.9. The van der Waals surface area contributed by atoms with Crippen LogP contribution in [0.4, 0.5) is 0 Å². The fourth-order valence-electron chi connectivity index (χ4n) is 5.90. The Labute approximate surface area is 255 Å². The number of carbonyl (C=O) groups is 3. The van der Waals surface area contributed by atoms with E-state index in [-0.39, 0.29) is 16.7 Å². The number of para-hydroxylation sites is 1. The number of benzene rings is 2. The average Bonchev–Trinajstić information content (AvgIpc) is 3.38. The zero-order chi connectivity index (χ0) is 31.2. The number of hydroxylamine groups is 2. The molecule has 1 heterocycles. The van der Waals surface area contributed by atoms with Gasteiger partial charge in [0.2, 0.25) is 5.11 Å². The van der Waals surface area contributed by atoms with Crippen molar-refractivity contribution in [3.05, 3.63) is 71.9 Å². The van der Waals surface area contributed by atoms with Crippen molar-refractivity contribution in [3.8, 4) is 0 Å². The second-order valence-electron chi connectivity index (χ2n) is 11.2. The quantitative estimate of drug-likeness (QED) is 0.160. The maximum absolute atomic E-state index is 13.0. The molecule has 1 aromatic heterocycles. The third-order valence-corrected chi connectivity index (χ3v) is 8.63. The Morgan fingerprint density at radius 1 is 1.05 bits per heavy atom. The first-order valence-electron chi connectivity index (χ1n) is 14.2. The highest BCUT2D eigenvalue weighted by molar-refractivity contribution is 7.80. The fraction of sp³-hybridized carbons (Fsp3) is 0.419. The Kier molecular flexibility index (Phi) is 10.0. The zero-order valence-corrected chi connectivity index (χ0v) is 25.1. The minimum atomic E-state index is -2.82. The first-order valence-corrected chi connectivity index (χ1v) is 14.6. The molecule has 5 N–H and O–H groups in total. The molecule has 4 rings (SSSR count). The minimum Gasteiger partial charge on any atom is -0.481 e. The summed E-state index contributed by atoms with van der Waals surface area (Å²) >= 11 is 5.68. The molecule has 0 amide bonds. The van der Waals surface area contributed by atoms with Crippen LogP contribution in [-0.2, 0) is 31.2 Å². The van der Waals surface area contributed by atoms with E-state index in [1.54, 1.807) is 0 Å². The number of aromatic nitrogens is 1. The predicted molar refractivity (Wildman–Crippen MR) is 164 cm³/mol. The lowest BCUT2D eigenvalue weighted by atomic mass is 9.74. The molecule has 1 fully saturated rings. The van der Waals surface area contributed by atoms with Crippen LogP contribution in [0.15, 0.2) is 60.8 Å². The number of carboxylic acids is 2. The molecule has 43 heavy (non-hydrogen) atoms. The van der Waals surface area contributed by atoms with Gasteiger partial charge in [0.1, 0.15) is 0 Å². The van der Waals surface area contributed by atoms with E-state index in [2.05, 4.69) is 27.3 Å². The molecule has 0 saturated heterocycles. The summed E-state index contributed by atoms with van der Waals surface area (Å²) in [7, 11) is 4.08. The number of aliphatic hydroxyl groups is 1. The molecule has 1 aliphatic rings. The topological polar surface area (TPSA) is 155 Å². The number of fused-ring (bicyclic) bond motifs is 1. The number of hydrogen-bond donors (Lipinski definition) is 5. The van der Waals surface area contributed by atoms with Gasteiger partial charge in [-0.05, 0) is 75.6 Å². The molecule has 0 bridgehead atoms. The van der Waals surface area contributed by atoms with Gasteiger partial charge in [0.15, 0.2) is 5.60 Å². The summed E-state index contributed by atoms with van der Waals surface area (Å²) in [5.74, 6) is -4.48. The van der Waals surface area contributed by atoms with Crippen molar-refractivity contribution in [1.29, 1.82) is 0 Å². The molecule has 0 aliphatic heterocycles. The largest absolute Gasteiger partial charge is 0.481 e. The van der Waals surface area contributed by atoms with Crippen LogP contribution in [0.2, 0.25) is 0 Å². The van der Waals surface area contributed by atoms with Gasteiger partial charge in [0.05, 0.1) is 18.9 Å². The molecule has 12 heteroatoms. The molecule has 2 aromatic carbocycles.